The first-order valence-corrected chi connectivity index (χ1v) is 11.0. The monoisotopic (exact) mass is 460 g/mol. The molecular weight excluding hydrogens is 440 g/mol. The molecule has 0 radical (unpaired) electrons. The second-order valence-corrected chi connectivity index (χ2v) is 8.17. The van der Waals surface area contributed by atoms with Crippen molar-refractivity contribution in [2.45, 2.75) is 0 Å². The van der Waals surface area contributed by atoms with Crippen molar-refractivity contribution in [3.63, 3.8) is 0 Å². The molecule has 0 aliphatic carbocycles. The molecule has 1 aliphatic rings. The Balaban J connectivity index is 1.36. The van der Waals surface area contributed by atoms with Gasteiger partial charge in [0.15, 0.2) is 11.5 Å². The smallest absolute Gasteiger partial charge is 0.274 e. The molecule has 0 atom stereocenters. The molecule has 0 unspecified atom stereocenters. The van der Waals surface area contributed by atoms with Gasteiger partial charge in [-0.1, -0.05) is 35.9 Å². The fourth-order valence-corrected chi connectivity index (χ4v) is 4.11. The van der Waals surface area contributed by atoms with Crippen LogP contribution in [0, 0.1) is 0 Å². The van der Waals surface area contributed by atoms with Crippen LogP contribution in [0.25, 0.3) is 17.1 Å². The molecule has 33 heavy (non-hydrogen) atoms. The predicted octanol–water partition coefficient (Wildman–Crippen LogP) is 4.38. The summed E-state index contributed by atoms with van der Waals surface area (Å²) in [6, 6.07) is 21.8. The molecule has 0 spiro atoms. The Bertz CT molecular complexity index is 1280. The Morgan fingerprint density at radius 3 is 2.21 bits per heavy atom. The topological polar surface area (TPSA) is 71.6 Å². The summed E-state index contributed by atoms with van der Waals surface area (Å²) in [4.78, 5) is 29.5. The number of aromatic nitrogens is 2. The third kappa shape index (κ3) is 4.27. The van der Waals surface area contributed by atoms with Gasteiger partial charge in [0, 0.05) is 42.8 Å². The first-order chi connectivity index (χ1) is 16.1. The molecule has 4 aromatic rings. The van der Waals surface area contributed by atoms with Crippen molar-refractivity contribution in [1.82, 2.24) is 19.6 Å². The highest BCUT2D eigenvalue weighted by Crippen LogP contribution is 2.26. The fourth-order valence-electron chi connectivity index (χ4n) is 3.93. The zero-order valence-corrected chi connectivity index (χ0v) is 18.5. The highest BCUT2D eigenvalue weighted by atomic mass is 35.5. The van der Waals surface area contributed by atoms with Crippen molar-refractivity contribution >= 4 is 23.4 Å². The summed E-state index contributed by atoms with van der Waals surface area (Å²) in [7, 11) is 0. The number of benzene rings is 2. The Kier molecular flexibility index (Phi) is 5.71. The first-order valence-electron chi connectivity index (χ1n) is 10.6. The minimum atomic E-state index is -0.185. The number of amides is 2. The van der Waals surface area contributed by atoms with Gasteiger partial charge < -0.3 is 14.2 Å². The standard InChI is InChI=1S/C25H21ClN4O3/c26-19-8-4-9-20(16-19)30-22(23-10-5-15-33-23)17-21(27-30)25(32)29-13-11-28(12-14-29)24(31)18-6-2-1-3-7-18/h1-10,15-17H,11-14H2. The number of hydrogen-bond acceptors (Lipinski definition) is 4. The van der Waals surface area contributed by atoms with Gasteiger partial charge in [-0.25, -0.2) is 4.68 Å². The number of hydrogen-bond donors (Lipinski definition) is 0. The highest BCUT2D eigenvalue weighted by Gasteiger charge is 2.28. The molecule has 2 amide bonds. The van der Waals surface area contributed by atoms with Crippen molar-refractivity contribution in [2.24, 2.45) is 0 Å². The number of nitrogens with zero attached hydrogens (tertiary/aromatic N) is 4. The summed E-state index contributed by atoms with van der Waals surface area (Å²) in [5.41, 5.74) is 2.35. The molecular formula is C25H21ClN4O3. The van der Waals surface area contributed by atoms with E-state index >= 15 is 0 Å². The van der Waals surface area contributed by atoms with Gasteiger partial charge in [0.05, 0.1) is 12.0 Å². The van der Waals surface area contributed by atoms with Gasteiger partial charge >= 0.3 is 0 Å². The molecule has 8 heteroatoms. The van der Waals surface area contributed by atoms with E-state index in [-0.39, 0.29) is 11.8 Å². The lowest BCUT2D eigenvalue weighted by Crippen LogP contribution is -2.50. The number of piperazine rings is 1. The Morgan fingerprint density at radius 2 is 1.55 bits per heavy atom. The van der Waals surface area contributed by atoms with Crippen LogP contribution < -0.4 is 0 Å². The summed E-state index contributed by atoms with van der Waals surface area (Å²) < 4.78 is 7.23. The van der Waals surface area contributed by atoms with Gasteiger partial charge in [0.25, 0.3) is 11.8 Å². The van der Waals surface area contributed by atoms with E-state index < -0.39 is 0 Å². The number of carbonyl (C=O) groups excluding carboxylic acids is 2. The normalized spacial score (nSPS) is 13.8. The molecule has 166 valence electrons. The van der Waals surface area contributed by atoms with E-state index in [9.17, 15) is 9.59 Å². The van der Waals surface area contributed by atoms with Crippen molar-refractivity contribution in [3.8, 4) is 17.1 Å². The Hall–Kier alpha value is -3.84. The quantitative estimate of drug-likeness (QED) is 0.453. The van der Waals surface area contributed by atoms with Gasteiger partial charge in [-0.15, -0.1) is 0 Å². The molecule has 7 nitrogen and oxygen atoms in total. The largest absolute Gasteiger partial charge is 0.463 e. The van der Waals surface area contributed by atoms with E-state index in [1.54, 1.807) is 57.1 Å². The van der Waals surface area contributed by atoms with Crippen LogP contribution >= 0.6 is 11.6 Å². The molecule has 1 saturated heterocycles. The zero-order valence-electron chi connectivity index (χ0n) is 17.7. The SMILES string of the molecule is O=C(c1ccccc1)N1CCN(C(=O)c2cc(-c3ccco3)n(-c3cccc(Cl)c3)n2)CC1. The molecule has 1 aliphatic heterocycles. The van der Waals surface area contributed by atoms with Crippen LogP contribution in [0.15, 0.2) is 83.5 Å². The summed E-state index contributed by atoms with van der Waals surface area (Å²) in [5, 5.41) is 5.15. The maximum atomic E-state index is 13.3. The molecule has 0 N–H and O–H groups in total. The van der Waals surface area contributed by atoms with Crippen LogP contribution in [-0.4, -0.2) is 57.6 Å². The number of halogens is 1. The fraction of sp³-hybridized carbons (Fsp3) is 0.160. The van der Waals surface area contributed by atoms with Crippen LogP contribution in [0.1, 0.15) is 20.8 Å². The van der Waals surface area contributed by atoms with E-state index in [1.165, 1.54) is 0 Å². The van der Waals surface area contributed by atoms with Crippen molar-refractivity contribution < 1.29 is 14.0 Å². The molecule has 2 aromatic heterocycles. The maximum Gasteiger partial charge on any atom is 0.274 e. The highest BCUT2D eigenvalue weighted by molar-refractivity contribution is 6.30. The van der Waals surface area contributed by atoms with Crippen LogP contribution in [0.3, 0.4) is 0 Å². The summed E-state index contributed by atoms with van der Waals surface area (Å²) in [6.45, 7) is 1.83. The lowest BCUT2D eigenvalue weighted by atomic mass is 10.2. The van der Waals surface area contributed by atoms with Gasteiger partial charge in [-0.05, 0) is 42.5 Å². The number of furan rings is 1. The van der Waals surface area contributed by atoms with E-state index in [4.69, 9.17) is 16.0 Å². The second kappa shape index (κ2) is 8.96. The van der Waals surface area contributed by atoms with Crippen molar-refractivity contribution in [1.29, 1.82) is 0 Å². The molecule has 2 aromatic carbocycles. The Morgan fingerprint density at radius 1 is 0.818 bits per heavy atom. The lowest BCUT2D eigenvalue weighted by molar-refractivity contribution is 0.0532. The molecule has 0 bridgehead atoms. The minimum absolute atomic E-state index is 0.0203. The summed E-state index contributed by atoms with van der Waals surface area (Å²) >= 11 is 6.17. The van der Waals surface area contributed by atoms with E-state index in [0.717, 1.165) is 5.69 Å². The molecule has 0 saturated carbocycles. The van der Waals surface area contributed by atoms with Gasteiger partial charge in [0.1, 0.15) is 5.69 Å². The van der Waals surface area contributed by atoms with Crippen molar-refractivity contribution in [3.05, 3.63) is 95.3 Å². The zero-order chi connectivity index (χ0) is 22.8. The average Bonchev–Trinajstić information content (AvgIpc) is 3.54. The van der Waals surface area contributed by atoms with Gasteiger partial charge in [-0.3, -0.25) is 9.59 Å². The Labute approximate surface area is 195 Å². The van der Waals surface area contributed by atoms with Crippen LogP contribution in [-0.2, 0) is 0 Å². The second-order valence-electron chi connectivity index (χ2n) is 7.73. The van der Waals surface area contributed by atoms with Gasteiger partial charge in [0.2, 0.25) is 0 Å². The van der Waals surface area contributed by atoms with Gasteiger partial charge in [-0.2, -0.15) is 5.10 Å². The lowest BCUT2D eigenvalue weighted by Gasteiger charge is -2.34. The summed E-state index contributed by atoms with van der Waals surface area (Å²) in [6.07, 6.45) is 1.58. The van der Waals surface area contributed by atoms with E-state index in [1.807, 2.05) is 36.4 Å². The molecule has 1 fully saturated rings. The van der Waals surface area contributed by atoms with Crippen LogP contribution in [0.5, 0.6) is 0 Å². The maximum absolute atomic E-state index is 13.3. The number of rotatable bonds is 4. The van der Waals surface area contributed by atoms with E-state index in [2.05, 4.69) is 5.10 Å². The average molecular weight is 461 g/mol. The minimum Gasteiger partial charge on any atom is -0.463 e. The molecule has 3 heterocycles. The van der Waals surface area contributed by atoms with Crippen molar-refractivity contribution in [2.75, 3.05) is 26.2 Å². The van der Waals surface area contributed by atoms with Crippen LogP contribution in [0.2, 0.25) is 5.02 Å². The summed E-state index contributed by atoms with van der Waals surface area (Å²) in [5.74, 6) is 0.392. The van der Waals surface area contributed by atoms with Crippen LogP contribution in [0.4, 0.5) is 0 Å². The number of carbonyl (C=O) groups is 2. The van der Waals surface area contributed by atoms with E-state index in [0.29, 0.717) is 53.9 Å². The third-order valence-electron chi connectivity index (χ3n) is 5.63. The third-order valence-corrected chi connectivity index (χ3v) is 5.86. The molecule has 5 rings (SSSR count). The first kappa shape index (κ1) is 21.0. The predicted molar refractivity (Wildman–Crippen MR) is 125 cm³/mol.